The average molecular weight is 346 g/mol. The van der Waals surface area contributed by atoms with Crippen molar-refractivity contribution in [2.75, 3.05) is 10.6 Å². The van der Waals surface area contributed by atoms with E-state index in [4.69, 9.17) is 0 Å². The van der Waals surface area contributed by atoms with Crippen molar-refractivity contribution in [1.82, 2.24) is 9.97 Å². The molecule has 0 fully saturated rings. The average Bonchev–Trinajstić information content (AvgIpc) is 2.66. The minimum absolute atomic E-state index is 0.0970. The van der Waals surface area contributed by atoms with Crippen molar-refractivity contribution < 1.29 is 4.79 Å². The predicted molar refractivity (Wildman–Crippen MR) is 104 cm³/mol. The van der Waals surface area contributed by atoms with Gasteiger partial charge in [0, 0.05) is 11.7 Å². The maximum Gasteiger partial charge on any atom is 0.275 e. The van der Waals surface area contributed by atoms with E-state index in [-0.39, 0.29) is 17.6 Å². The summed E-state index contributed by atoms with van der Waals surface area (Å²) in [5.74, 6) is 0.363. The number of hydrogen-bond acceptors (Lipinski definition) is 4. The first-order valence-electron chi connectivity index (χ1n) is 8.55. The Morgan fingerprint density at radius 3 is 2.23 bits per heavy atom. The van der Waals surface area contributed by atoms with E-state index in [0.29, 0.717) is 5.82 Å². The van der Waals surface area contributed by atoms with Crippen LogP contribution in [0.25, 0.3) is 0 Å². The number of carbonyl (C=O) groups excluding carboxylic acids is 1. The number of hydrogen-bond donors (Lipinski definition) is 2. The van der Waals surface area contributed by atoms with Gasteiger partial charge in [0.05, 0.1) is 12.4 Å². The minimum atomic E-state index is -0.266. The molecule has 5 heteroatoms. The number of para-hydroxylation sites is 1. The number of carbonyl (C=O) groups is 1. The molecule has 0 bridgehead atoms. The van der Waals surface area contributed by atoms with Gasteiger partial charge in [0.1, 0.15) is 11.5 Å². The number of aromatic nitrogens is 2. The lowest BCUT2D eigenvalue weighted by molar-refractivity contribution is 0.102. The van der Waals surface area contributed by atoms with Gasteiger partial charge in [-0.1, -0.05) is 48.5 Å². The molecule has 1 atom stereocenters. The van der Waals surface area contributed by atoms with Gasteiger partial charge in [0.15, 0.2) is 0 Å². The van der Waals surface area contributed by atoms with Crippen LogP contribution in [0.5, 0.6) is 0 Å². The van der Waals surface area contributed by atoms with E-state index < -0.39 is 0 Å². The summed E-state index contributed by atoms with van der Waals surface area (Å²) >= 11 is 0. The van der Waals surface area contributed by atoms with Crippen molar-refractivity contribution in [3.63, 3.8) is 0 Å². The Labute approximate surface area is 153 Å². The van der Waals surface area contributed by atoms with Gasteiger partial charge in [0.2, 0.25) is 0 Å². The number of rotatable bonds is 5. The van der Waals surface area contributed by atoms with Crippen LogP contribution in [0, 0.1) is 13.8 Å². The largest absolute Gasteiger partial charge is 0.362 e. The summed E-state index contributed by atoms with van der Waals surface area (Å²) in [6.45, 7) is 5.98. The van der Waals surface area contributed by atoms with Crippen LogP contribution >= 0.6 is 0 Å². The molecule has 1 aromatic heterocycles. The zero-order chi connectivity index (χ0) is 18.5. The van der Waals surface area contributed by atoms with Gasteiger partial charge in [-0.15, -0.1) is 0 Å². The van der Waals surface area contributed by atoms with Crippen molar-refractivity contribution in [2.24, 2.45) is 0 Å². The number of amides is 1. The van der Waals surface area contributed by atoms with Gasteiger partial charge in [-0.3, -0.25) is 4.79 Å². The summed E-state index contributed by atoms with van der Waals surface area (Å²) < 4.78 is 0. The van der Waals surface area contributed by atoms with Crippen molar-refractivity contribution >= 4 is 17.4 Å². The van der Waals surface area contributed by atoms with E-state index in [9.17, 15) is 4.79 Å². The molecular weight excluding hydrogens is 324 g/mol. The molecular formula is C21H22N4O. The molecule has 132 valence electrons. The fourth-order valence-electron chi connectivity index (χ4n) is 2.76. The highest BCUT2D eigenvalue weighted by Gasteiger charge is 2.12. The first-order valence-corrected chi connectivity index (χ1v) is 8.55. The van der Waals surface area contributed by atoms with Gasteiger partial charge in [-0.25, -0.2) is 9.97 Å². The summed E-state index contributed by atoms with van der Waals surface area (Å²) in [6.07, 6.45) is 3.07. The standard InChI is InChI=1S/C21H22N4O/c1-14-8-7-9-15(2)20(14)25-21(26)18-12-23-19(13-22-18)24-16(3)17-10-5-4-6-11-17/h4-13,16H,1-3H3,(H,23,24)(H,25,26). The summed E-state index contributed by atoms with van der Waals surface area (Å²) in [5, 5.41) is 6.21. The molecule has 0 saturated carbocycles. The molecule has 2 N–H and O–H groups in total. The van der Waals surface area contributed by atoms with Gasteiger partial charge < -0.3 is 10.6 Å². The Morgan fingerprint density at radius 1 is 0.923 bits per heavy atom. The van der Waals surface area contributed by atoms with Crippen LogP contribution < -0.4 is 10.6 Å². The number of nitrogens with one attached hydrogen (secondary N) is 2. The first-order chi connectivity index (χ1) is 12.5. The molecule has 0 spiro atoms. The molecule has 2 aromatic carbocycles. The highest BCUT2D eigenvalue weighted by molar-refractivity contribution is 6.03. The maximum absolute atomic E-state index is 12.4. The minimum Gasteiger partial charge on any atom is -0.362 e. The second kappa shape index (κ2) is 7.78. The van der Waals surface area contributed by atoms with E-state index in [0.717, 1.165) is 22.4 Å². The Hall–Kier alpha value is -3.21. The molecule has 0 aliphatic heterocycles. The van der Waals surface area contributed by atoms with E-state index in [1.165, 1.54) is 6.20 Å². The third-order valence-corrected chi connectivity index (χ3v) is 4.27. The van der Waals surface area contributed by atoms with Gasteiger partial charge in [-0.05, 0) is 37.5 Å². The van der Waals surface area contributed by atoms with Crippen LogP contribution in [-0.2, 0) is 0 Å². The molecule has 26 heavy (non-hydrogen) atoms. The van der Waals surface area contributed by atoms with Crippen molar-refractivity contribution in [2.45, 2.75) is 26.8 Å². The van der Waals surface area contributed by atoms with Crippen LogP contribution in [0.15, 0.2) is 60.9 Å². The van der Waals surface area contributed by atoms with Crippen molar-refractivity contribution in [3.05, 3.63) is 83.3 Å². The molecule has 1 unspecified atom stereocenters. The molecule has 0 radical (unpaired) electrons. The summed E-state index contributed by atoms with van der Waals surface area (Å²) in [6, 6.07) is 16.1. The fourth-order valence-corrected chi connectivity index (χ4v) is 2.76. The summed E-state index contributed by atoms with van der Waals surface area (Å²) in [4.78, 5) is 21.0. The molecule has 1 amide bonds. The van der Waals surface area contributed by atoms with Gasteiger partial charge >= 0.3 is 0 Å². The van der Waals surface area contributed by atoms with Gasteiger partial charge in [-0.2, -0.15) is 0 Å². The Kier molecular flexibility index (Phi) is 5.27. The third kappa shape index (κ3) is 4.06. The number of aryl methyl sites for hydroxylation is 2. The number of anilines is 2. The zero-order valence-corrected chi connectivity index (χ0v) is 15.2. The predicted octanol–water partition coefficient (Wildman–Crippen LogP) is 4.52. The van der Waals surface area contributed by atoms with Gasteiger partial charge in [0.25, 0.3) is 5.91 Å². The molecule has 1 heterocycles. The molecule has 0 saturated heterocycles. The lowest BCUT2D eigenvalue weighted by Gasteiger charge is -2.15. The smallest absolute Gasteiger partial charge is 0.275 e. The Bertz CT molecular complexity index is 871. The lowest BCUT2D eigenvalue weighted by Crippen LogP contribution is -2.16. The summed E-state index contributed by atoms with van der Waals surface area (Å²) in [5.41, 5.74) is 4.29. The highest BCUT2D eigenvalue weighted by atomic mass is 16.1. The Morgan fingerprint density at radius 2 is 1.62 bits per heavy atom. The van der Waals surface area contributed by atoms with E-state index in [1.54, 1.807) is 6.20 Å². The third-order valence-electron chi connectivity index (χ3n) is 4.27. The van der Waals surface area contributed by atoms with Crippen LogP contribution in [0.1, 0.15) is 40.1 Å². The highest BCUT2D eigenvalue weighted by Crippen LogP contribution is 2.20. The van der Waals surface area contributed by atoms with Crippen LogP contribution in [0.3, 0.4) is 0 Å². The van der Waals surface area contributed by atoms with Crippen molar-refractivity contribution in [1.29, 1.82) is 0 Å². The number of benzene rings is 2. The molecule has 3 aromatic rings. The molecule has 5 nitrogen and oxygen atoms in total. The van der Waals surface area contributed by atoms with E-state index >= 15 is 0 Å². The molecule has 3 rings (SSSR count). The maximum atomic E-state index is 12.4. The van der Waals surface area contributed by atoms with E-state index in [2.05, 4.69) is 39.7 Å². The van der Waals surface area contributed by atoms with Crippen LogP contribution in [0.4, 0.5) is 11.5 Å². The first kappa shape index (κ1) is 17.6. The van der Waals surface area contributed by atoms with E-state index in [1.807, 2.05) is 50.2 Å². The van der Waals surface area contributed by atoms with Crippen molar-refractivity contribution in [3.8, 4) is 0 Å². The SMILES string of the molecule is Cc1cccc(C)c1NC(=O)c1cnc(NC(C)c2ccccc2)cn1. The summed E-state index contributed by atoms with van der Waals surface area (Å²) in [7, 11) is 0. The topological polar surface area (TPSA) is 66.9 Å². The normalized spacial score (nSPS) is 11.7. The second-order valence-electron chi connectivity index (χ2n) is 6.28. The number of nitrogens with zero attached hydrogens (tertiary/aromatic N) is 2. The quantitative estimate of drug-likeness (QED) is 0.713. The second-order valence-corrected chi connectivity index (χ2v) is 6.28. The lowest BCUT2D eigenvalue weighted by atomic mass is 10.1. The Balaban J connectivity index is 1.68. The molecule has 0 aliphatic rings. The fraction of sp³-hybridized carbons (Fsp3) is 0.190. The molecule has 0 aliphatic carbocycles. The monoisotopic (exact) mass is 346 g/mol. The van der Waals surface area contributed by atoms with Crippen LogP contribution in [-0.4, -0.2) is 15.9 Å². The zero-order valence-electron chi connectivity index (χ0n) is 15.2. The van der Waals surface area contributed by atoms with Crippen LogP contribution in [0.2, 0.25) is 0 Å².